The van der Waals surface area contributed by atoms with Gasteiger partial charge in [0.15, 0.2) is 6.10 Å². The molecule has 0 unspecified atom stereocenters. The minimum absolute atomic E-state index is 0.200. The van der Waals surface area contributed by atoms with Crippen molar-refractivity contribution in [1.29, 1.82) is 0 Å². The lowest BCUT2D eigenvalue weighted by atomic mass is 10.2. The largest absolute Gasteiger partial charge is 0.449 e. The van der Waals surface area contributed by atoms with E-state index in [-0.39, 0.29) is 5.56 Å². The maximum absolute atomic E-state index is 12.4. The van der Waals surface area contributed by atoms with Crippen molar-refractivity contribution in [3.63, 3.8) is 0 Å². The van der Waals surface area contributed by atoms with Crippen LogP contribution in [0.4, 0.5) is 5.69 Å². The summed E-state index contributed by atoms with van der Waals surface area (Å²) in [5.74, 6) is -0.778. The van der Waals surface area contributed by atoms with Gasteiger partial charge in [-0.1, -0.05) is 36.7 Å². The minimum Gasteiger partial charge on any atom is -0.449 e. The van der Waals surface area contributed by atoms with Crippen molar-refractivity contribution in [3.8, 4) is 0 Å². The molecule has 2 atom stereocenters. The molecule has 0 radical (unpaired) electrons. The molecule has 2 aromatic rings. The third-order valence-corrected chi connectivity index (χ3v) is 5.33. The van der Waals surface area contributed by atoms with Crippen molar-refractivity contribution in [2.45, 2.75) is 31.8 Å². The van der Waals surface area contributed by atoms with Crippen LogP contribution in [-0.4, -0.2) is 27.9 Å². The summed E-state index contributed by atoms with van der Waals surface area (Å²) < 4.78 is 17.3. The normalized spacial score (nSPS) is 12.9. The Labute approximate surface area is 160 Å². The van der Waals surface area contributed by atoms with Crippen molar-refractivity contribution in [2.75, 3.05) is 11.1 Å². The van der Waals surface area contributed by atoms with Crippen LogP contribution in [0.2, 0.25) is 5.02 Å². The Bertz CT molecular complexity index is 853. The van der Waals surface area contributed by atoms with Crippen LogP contribution in [-0.2, 0) is 20.3 Å². The van der Waals surface area contributed by atoms with Crippen molar-refractivity contribution in [2.24, 2.45) is 0 Å². The Morgan fingerprint density at radius 3 is 2.62 bits per heavy atom. The lowest BCUT2D eigenvalue weighted by Crippen LogP contribution is -2.30. The second-order valence-corrected chi connectivity index (χ2v) is 7.77. The first-order valence-electron chi connectivity index (χ1n) is 8.09. The van der Waals surface area contributed by atoms with E-state index in [1.54, 1.807) is 43.3 Å². The summed E-state index contributed by atoms with van der Waals surface area (Å²) in [4.78, 5) is 25.1. The molecule has 0 bridgehead atoms. The van der Waals surface area contributed by atoms with Gasteiger partial charge in [-0.25, -0.2) is 4.79 Å². The zero-order chi connectivity index (χ0) is 19.3. The highest BCUT2D eigenvalue weighted by molar-refractivity contribution is 7.85. The molecule has 138 valence electrons. The summed E-state index contributed by atoms with van der Waals surface area (Å²) in [5, 5.41) is 3.19. The number of amides is 1. The fourth-order valence-electron chi connectivity index (χ4n) is 2.23. The Balaban J connectivity index is 2.11. The third kappa shape index (κ3) is 4.93. The molecule has 26 heavy (non-hydrogen) atoms. The van der Waals surface area contributed by atoms with Gasteiger partial charge in [-0.2, -0.15) is 0 Å². The van der Waals surface area contributed by atoms with Gasteiger partial charge >= 0.3 is 5.97 Å². The van der Waals surface area contributed by atoms with Crippen LogP contribution in [0, 0.1) is 6.92 Å². The first kappa shape index (κ1) is 20.1. The fourth-order valence-corrected chi connectivity index (χ4v) is 3.34. The summed E-state index contributed by atoms with van der Waals surface area (Å²) in [6.45, 7) is 5.08. The molecule has 1 N–H and O–H groups in total. The van der Waals surface area contributed by atoms with Gasteiger partial charge in [0.05, 0.1) is 21.3 Å². The number of esters is 1. The standard InChI is InChI=1S/C19H20ClNO4S/c1-4-26(24)17-8-6-5-7-15(17)19(23)25-13(3)18(22)21-16-11-14(20)10-9-12(16)2/h5-11,13H,4H2,1-3H3,(H,21,22)/t13-,26-/m1/s1. The monoisotopic (exact) mass is 393 g/mol. The van der Waals surface area contributed by atoms with Gasteiger partial charge in [-0.05, 0) is 43.7 Å². The van der Waals surface area contributed by atoms with E-state index in [0.29, 0.717) is 21.4 Å². The van der Waals surface area contributed by atoms with E-state index in [4.69, 9.17) is 16.3 Å². The fraction of sp³-hybridized carbons (Fsp3) is 0.263. The molecule has 7 heteroatoms. The maximum atomic E-state index is 12.4. The number of halogens is 1. The van der Waals surface area contributed by atoms with Crippen molar-refractivity contribution in [3.05, 3.63) is 58.6 Å². The predicted octanol–water partition coefficient (Wildman–Crippen LogP) is 3.96. The number of hydrogen-bond acceptors (Lipinski definition) is 4. The van der Waals surface area contributed by atoms with E-state index in [0.717, 1.165) is 5.56 Å². The van der Waals surface area contributed by atoms with Gasteiger partial charge in [-0.15, -0.1) is 0 Å². The Morgan fingerprint density at radius 2 is 1.92 bits per heavy atom. The van der Waals surface area contributed by atoms with Gasteiger partial charge in [-0.3, -0.25) is 9.00 Å². The molecule has 2 aromatic carbocycles. The number of ether oxygens (including phenoxy) is 1. The van der Waals surface area contributed by atoms with E-state index in [1.165, 1.54) is 13.0 Å². The highest BCUT2D eigenvalue weighted by Gasteiger charge is 2.22. The number of nitrogens with one attached hydrogen (secondary N) is 1. The van der Waals surface area contributed by atoms with E-state index < -0.39 is 28.8 Å². The lowest BCUT2D eigenvalue weighted by Gasteiger charge is -2.16. The maximum Gasteiger partial charge on any atom is 0.340 e. The van der Waals surface area contributed by atoms with Gasteiger partial charge in [0.25, 0.3) is 5.91 Å². The van der Waals surface area contributed by atoms with Crippen LogP contribution in [0.25, 0.3) is 0 Å². The average Bonchev–Trinajstić information content (AvgIpc) is 2.63. The summed E-state index contributed by atoms with van der Waals surface area (Å²) in [6.07, 6.45) is -1.02. The molecule has 0 fully saturated rings. The summed E-state index contributed by atoms with van der Waals surface area (Å²) in [6, 6.07) is 11.7. The second kappa shape index (κ2) is 8.96. The number of carbonyl (C=O) groups excluding carboxylic acids is 2. The summed E-state index contributed by atoms with van der Waals surface area (Å²) in [7, 11) is -1.30. The molecule has 0 saturated carbocycles. The molecule has 0 spiro atoms. The average molecular weight is 394 g/mol. The van der Waals surface area contributed by atoms with Gasteiger partial charge in [0.2, 0.25) is 0 Å². The molecule has 0 aliphatic carbocycles. The molecule has 0 saturated heterocycles. The van der Waals surface area contributed by atoms with Crippen LogP contribution in [0.15, 0.2) is 47.4 Å². The van der Waals surface area contributed by atoms with Crippen LogP contribution in [0.5, 0.6) is 0 Å². The van der Waals surface area contributed by atoms with Gasteiger partial charge < -0.3 is 10.1 Å². The first-order valence-corrected chi connectivity index (χ1v) is 9.78. The molecule has 0 aliphatic heterocycles. The number of aryl methyl sites for hydroxylation is 1. The topological polar surface area (TPSA) is 72.5 Å². The van der Waals surface area contributed by atoms with Gasteiger partial charge in [0, 0.05) is 16.5 Å². The quantitative estimate of drug-likeness (QED) is 0.754. The van der Waals surface area contributed by atoms with Gasteiger partial charge in [0.1, 0.15) is 0 Å². The molecular formula is C19H20ClNO4S. The predicted molar refractivity (Wildman–Crippen MR) is 103 cm³/mol. The highest BCUT2D eigenvalue weighted by Crippen LogP contribution is 2.21. The Hall–Kier alpha value is -2.18. The molecule has 5 nitrogen and oxygen atoms in total. The minimum atomic E-state index is -1.30. The Morgan fingerprint density at radius 1 is 1.23 bits per heavy atom. The molecule has 0 aromatic heterocycles. The third-order valence-electron chi connectivity index (χ3n) is 3.72. The van der Waals surface area contributed by atoms with Crippen LogP contribution >= 0.6 is 11.6 Å². The summed E-state index contributed by atoms with van der Waals surface area (Å²) in [5.41, 5.74) is 1.59. The lowest BCUT2D eigenvalue weighted by molar-refractivity contribution is -0.123. The number of anilines is 1. The summed E-state index contributed by atoms with van der Waals surface area (Å²) >= 11 is 5.94. The van der Waals surface area contributed by atoms with Crippen LogP contribution in [0.1, 0.15) is 29.8 Å². The zero-order valence-electron chi connectivity index (χ0n) is 14.7. The molecule has 2 rings (SSSR count). The van der Waals surface area contributed by atoms with Crippen LogP contribution in [0.3, 0.4) is 0 Å². The Kier molecular flexibility index (Phi) is 6.94. The van der Waals surface area contributed by atoms with Crippen molar-refractivity contribution < 1.29 is 18.5 Å². The van der Waals surface area contributed by atoms with E-state index in [1.807, 2.05) is 6.92 Å². The molecule has 0 heterocycles. The molecule has 0 aliphatic rings. The van der Waals surface area contributed by atoms with E-state index in [9.17, 15) is 13.8 Å². The van der Waals surface area contributed by atoms with Crippen molar-refractivity contribution >= 4 is 40.0 Å². The number of carbonyl (C=O) groups is 2. The SMILES string of the molecule is CC[S@@](=O)c1ccccc1C(=O)O[C@H](C)C(=O)Nc1cc(Cl)ccc1C. The highest BCUT2D eigenvalue weighted by atomic mass is 35.5. The van der Waals surface area contributed by atoms with Crippen molar-refractivity contribution in [1.82, 2.24) is 0 Å². The van der Waals surface area contributed by atoms with E-state index >= 15 is 0 Å². The zero-order valence-corrected chi connectivity index (χ0v) is 16.3. The smallest absolute Gasteiger partial charge is 0.340 e. The number of benzene rings is 2. The molecule has 1 amide bonds. The van der Waals surface area contributed by atoms with Crippen LogP contribution < -0.4 is 5.32 Å². The molecular weight excluding hydrogens is 374 g/mol. The number of hydrogen-bond donors (Lipinski definition) is 1. The van der Waals surface area contributed by atoms with E-state index in [2.05, 4.69) is 5.32 Å². The second-order valence-electron chi connectivity index (χ2n) is 5.63. The number of rotatable bonds is 6. The first-order chi connectivity index (χ1) is 12.3.